The van der Waals surface area contributed by atoms with E-state index in [1.54, 1.807) is 6.08 Å². The molecule has 0 fully saturated rings. The van der Waals surface area contributed by atoms with Crippen molar-refractivity contribution in [1.82, 2.24) is 0 Å². The maximum atomic E-state index is 12.0. The Morgan fingerprint density at radius 2 is 1.69 bits per heavy atom. The van der Waals surface area contributed by atoms with Crippen molar-refractivity contribution in [1.29, 1.82) is 0 Å². The van der Waals surface area contributed by atoms with Crippen LogP contribution in [0.3, 0.4) is 0 Å². The number of hydrogen-bond donors (Lipinski definition) is 0. The third-order valence-electron chi connectivity index (χ3n) is 5.51. The lowest BCUT2D eigenvalue weighted by Crippen LogP contribution is -2.34. The second kappa shape index (κ2) is 8.95. The smallest absolute Gasteiger partial charge is 0.155 e. The highest BCUT2D eigenvalue weighted by atomic mass is 16.5. The van der Waals surface area contributed by atoms with Crippen LogP contribution in [-0.2, 0) is 21.6 Å². The summed E-state index contributed by atoms with van der Waals surface area (Å²) in [7, 11) is 0. The topological polar surface area (TPSA) is 26.3 Å². The van der Waals surface area contributed by atoms with Crippen molar-refractivity contribution >= 4 is 5.78 Å². The number of carbonyl (C=O) groups is 1. The molecule has 26 heavy (non-hydrogen) atoms. The number of carbonyl (C=O) groups excluding carboxylic acids is 1. The van der Waals surface area contributed by atoms with Gasteiger partial charge >= 0.3 is 0 Å². The van der Waals surface area contributed by atoms with Crippen LogP contribution in [0.5, 0.6) is 0 Å². The Kier molecular flexibility index (Phi) is 6.40. The predicted molar refractivity (Wildman–Crippen MR) is 106 cm³/mol. The van der Waals surface area contributed by atoms with Gasteiger partial charge in [-0.15, -0.1) is 0 Å². The Bertz CT molecular complexity index is 720. The van der Waals surface area contributed by atoms with E-state index in [1.165, 1.54) is 11.1 Å². The molecular weight excluding hydrogens is 320 g/mol. The highest BCUT2D eigenvalue weighted by Crippen LogP contribution is 2.41. The molecule has 0 radical (unpaired) electrons. The molecule has 2 aromatic rings. The first kappa shape index (κ1) is 18.6. The van der Waals surface area contributed by atoms with Crippen LogP contribution in [0.4, 0.5) is 0 Å². The molecule has 2 aromatic carbocycles. The molecule has 0 spiro atoms. The molecule has 2 atom stereocenters. The molecule has 0 bridgehead atoms. The van der Waals surface area contributed by atoms with Crippen molar-refractivity contribution in [3.63, 3.8) is 0 Å². The minimum absolute atomic E-state index is 0.0555. The molecule has 2 nitrogen and oxygen atoms in total. The molecule has 0 aromatic heterocycles. The largest absolute Gasteiger partial charge is 0.377 e. The Balaban J connectivity index is 1.49. The number of rotatable bonds is 8. The molecule has 0 heterocycles. The lowest BCUT2D eigenvalue weighted by Gasteiger charge is -2.38. The molecule has 0 amide bonds. The summed E-state index contributed by atoms with van der Waals surface area (Å²) < 4.78 is 5.79. The first-order valence-corrected chi connectivity index (χ1v) is 9.58. The Labute approximate surface area is 156 Å². The maximum Gasteiger partial charge on any atom is 0.155 e. The van der Waals surface area contributed by atoms with E-state index in [2.05, 4.69) is 49.4 Å². The van der Waals surface area contributed by atoms with E-state index in [0.29, 0.717) is 18.9 Å². The standard InChI is InChI=1S/C24H28O2/c1-24(21-12-6-3-7-13-21)16-15-23(25)18-22(24)14-8-9-17-26-19-20-10-4-2-5-11-20/h2-7,10-13,15-16,22H,8-9,14,17-19H2,1H3/t22-,24+/m1/s1. The zero-order valence-corrected chi connectivity index (χ0v) is 15.6. The minimum Gasteiger partial charge on any atom is -0.377 e. The normalized spacial score (nSPS) is 22.5. The molecule has 0 saturated carbocycles. The van der Waals surface area contributed by atoms with Crippen LogP contribution < -0.4 is 0 Å². The first-order chi connectivity index (χ1) is 12.7. The number of allylic oxidation sites excluding steroid dienone is 2. The zero-order chi connectivity index (χ0) is 18.2. The summed E-state index contributed by atoms with van der Waals surface area (Å²) in [5.74, 6) is 0.611. The first-order valence-electron chi connectivity index (χ1n) is 9.58. The molecule has 0 saturated heterocycles. The number of ether oxygens (including phenoxy) is 1. The van der Waals surface area contributed by atoms with E-state index >= 15 is 0 Å². The van der Waals surface area contributed by atoms with Gasteiger partial charge in [0.15, 0.2) is 5.78 Å². The summed E-state index contributed by atoms with van der Waals surface area (Å²) in [4.78, 5) is 12.0. The molecule has 0 aliphatic heterocycles. The van der Waals surface area contributed by atoms with Crippen molar-refractivity contribution in [2.45, 2.75) is 44.6 Å². The quantitative estimate of drug-likeness (QED) is 0.591. The van der Waals surface area contributed by atoms with Crippen molar-refractivity contribution in [3.05, 3.63) is 83.9 Å². The van der Waals surface area contributed by atoms with Gasteiger partial charge in [-0.25, -0.2) is 0 Å². The van der Waals surface area contributed by atoms with Gasteiger partial charge < -0.3 is 4.74 Å². The molecule has 3 rings (SSSR count). The summed E-state index contributed by atoms with van der Waals surface area (Å²) >= 11 is 0. The van der Waals surface area contributed by atoms with Crippen LogP contribution in [0, 0.1) is 5.92 Å². The van der Waals surface area contributed by atoms with Crippen LogP contribution >= 0.6 is 0 Å². The number of ketones is 1. The predicted octanol–water partition coefficient (Wildman–Crippen LogP) is 5.48. The molecule has 2 heteroatoms. The summed E-state index contributed by atoms with van der Waals surface area (Å²) in [5.41, 5.74) is 2.46. The average Bonchev–Trinajstić information content (AvgIpc) is 2.69. The fraction of sp³-hybridized carbons (Fsp3) is 0.375. The van der Waals surface area contributed by atoms with Crippen LogP contribution in [0.1, 0.15) is 43.7 Å². The van der Waals surface area contributed by atoms with Gasteiger partial charge in [0.25, 0.3) is 0 Å². The van der Waals surface area contributed by atoms with E-state index in [1.807, 2.05) is 24.3 Å². The molecule has 0 N–H and O–H groups in total. The average molecular weight is 348 g/mol. The summed E-state index contributed by atoms with van der Waals surface area (Å²) in [6, 6.07) is 20.8. The van der Waals surface area contributed by atoms with Gasteiger partial charge in [-0.2, -0.15) is 0 Å². The van der Waals surface area contributed by atoms with E-state index in [9.17, 15) is 4.79 Å². The number of unbranched alkanes of at least 4 members (excludes halogenated alkanes) is 1. The second-order valence-electron chi connectivity index (χ2n) is 7.38. The summed E-state index contributed by atoms with van der Waals surface area (Å²) in [6.45, 7) is 3.71. The molecule has 1 aliphatic rings. The Morgan fingerprint density at radius 3 is 2.42 bits per heavy atom. The van der Waals surface area contributed by atoms with Crippen LogP contribution in [0.15, 0.2) is 72.8 Å². The Morgan fingerprint density at radius 1 is 1.00 bits per heavy atom. The van der Waals surface area contributed by atoms with E-state index < -0.39 is 0 Å². The van der Waals surface area contributed by atoms with Gasteiger partial charge in [0.1, 0.15) is 0 Å². The highest BCUT2D eigenvalue weighted by Gasteiger charge is 2.36. The third kappa shape index (κ3) is 4.70. The molecule has 0 unspecified atom stereocenters. The van der Waals surface area contributed by atoms with E-state index in [-0.39, 0.29) is 11.2 Å². The lowest BCUT2D eigenvalue weighted by molar-refractivity contribution is -0.116. The van der Waals surface area contributed by atoms with Crippen LogP contribution in [-0.4, -0.2) is 12.4 Å². The van der Waals surface area contributed by atoms with E-state index in [0.717, 1.165) is 25.9 Å². The van der Waals surface area contributed by atoms with Gasteiger partial charge in [-0.1, -0.05) is 80.1 Å². The minimum atomic E-state index is -0.0555. The van der Waals surface area contributed by atoms with Gasteiger partial charge in [-0.05, 0) is 36.0 Å². The maximum absolute atomic E-state index is 12.0. The number of hydrogen-bond acceptors (Lipinski definition) is 2. The molecular formula is C24H28O2. The fourth-order valence-electron chi connectivity index (χ4n) is 3.82. The second-order valence-corrected chi connectivity index (χ2v) is 7.38. The number of benzene rings is 2. The lowest BCUT2D eigenvalue weighted by atomic mass is 9.65. The van der Waals surface area contributed by atoms with Crippen molar-refractivity contribution in [2.75, 3.05) is 6.61 Å². The molecule has 136 valence electrons. The zero-order valence-electron chi connectivity index (χ0n) is 15.6. The SMILES string of the molecule is C[C@@]1(c2ccccc2)C=CC(=O)C[C@H]1CCCCOCc1ccccc1. The third-order valence-corrected chi connectivity index (χ3v) is 5.51. The van der Waals surface area contributed by atoms with E-state index in [4.69, 9.17) is 4.74 Å². The summed E-state index contributed by atoms with van der Waals surface area (Å²) in [5, 5.41) is 0. The van der Waals surface area contributed by atoms with Crippen LogP contribution in [0.2, 0.25) is 0 Å². The van der Waals surface area contributed by atoms with Crippen molar-refractivity contribution < 1.29 is 9.53 Å². The summed E-state index contributed by atoms with van der Waals surface area (Å²) in [6.07, 6.45) is 7.70. The Hall–Kier alpha value is -2.19. The monoisotopic (exact) mass is 348 g/mol. The fourth-order valence-corrected chi connectivity index (χ4v) is 3.82. The molecule has 1 aliphatic carbocycles. The van der Waals surface area contributed by atoms with Gasteiger partial charge in [0.05, 0.1) is 6.61 Å². The van der Waals surface area contributed by atoms with Crippen molar-refractivity contribution in [3.8, 4) is 0 Å². The van der Waals surface area contributed by atoms with Crippen LogP contribution in [0.25, 0.3) is 0 Å². The highest BCUT2D eigenvalue weighted by molar-refractivity contribution is 5.91. The van der Waals surface area contributed by atoms with Crippen molar-refractivity contribution in [2.24, 2.45) is 5.92 Å². The van der Waals surface area contributed by atoms with Gasteiger partial charge in [0, 0.05) is 18.4 Å². The van der Waals surface area contributed by atoms with Gasteiger partial charge in [-0.3, -0.25) is 4.79 Å². The van der Waals surface area contributed by atoms with Gasteiger partial charge in [0.2, 0.25) is 0 Å².